The maximum atomic E-state index is 12.1. The Kier molecular flexibility index (Phi) is 7.57. The number of hydrogen-bond acceptors (Lipinski definition) is 5. The largest absolute Gasteiger partial charge is 0.508 e. The van der Waals surface area contributed by atoms with E-state index < -0.39 is 13.9 Å². The predicted molar refractivity (Wildman–Crippen MR) is 97.7 cm³/mol. The first kappa shape index (κ1) is 18.8. The first-order chi connectivity index (χ1) is 11.6. The Bertz CT molecular complexity index is 652. The van der Waals surface area contributed by atoms with Crippen LogP contribution in [0.3, 0.4) is 0 Å². The van der Waals surface area contributed by atoms with E-state index in [1.807, 2.05) is 29.6 Å². The fraction of sp³-hybridized carbons (Fsp3) is 0.389. The average molecular weight is 365 g/mol. The number of carbonyl (C=O) groups is 1. The molecule has 0 amide bonds. The van der Waals surface area contributed by atoms with Gasteiger partial charge >= 0.3 is 14.0 Å². The quantitative estimate of drug-likeness (QED) is 0.468. The molecule has 0 aliphatic heterocycles. The number of thiophene rings is 1. The van der Waals surface area contributed by atoms with Gasteiger partial charge in [0.2, 0.25) is 0 Å². The lowest BCUT2D eigenvalue weighted by Crippen LogP contribution is -2.22. The molecule has 0 fully saturated rings. The molecule has 1 heterocycles. The summed E-state index contributed by atoms with van der Waals surface area (Å²) < 4.78 is 22.1. The Labute approximate surface area is 147 Å². The zero-order valence-electron chi connectivity index (χ0n) is 13.9. The van der Waals surface area contributed by atoms with Crippen molar-refractivity contribution in [1.29, 1.82) is 0 Å². The van der Waals surface area contributed by atoms with E-state index in [-0.39, 0.29) is 12.1 Å². The van der Waals surface area contributed by atoms with Gasteiger partial charge in [-0.05, 0) is 58.4 Å². The van der Waals surface area contributed by atoms with Crippen molar-refractivity contribution in [2.45, 2.75) is 20.3 Å². The summed E-state index contributed by atoms with van der Waals surface area (Å²) in [5.74, 6) is -0.769. The molecule has 0 spiro atoms. The minimum absolute atomic E-state index is 0.189. The fourth-order valence-corrected chi connectivity index (χ4v) is 4.10. The van der Waals surface area contributed by atoms with Crippen LogP contribution in [0.5, 0.6) is 0 Å². The van der Waals surface area contributed by atoms with Crippen LogP contribution in [0.4, 0.5) is 0 Å². The zero-order valence-corrected chi connectivity index (χ0v) is 15.6. The molecule has 24 heavy (non-hydrogen) atoms. The molecule has 6 heteroatoms. The van der Waals surface area contributed by atoms with Crippen LogP contribution >= 0.6 is 19.4 Å². The van der Waals surface area contributed by atoms with Gasteiger partial charge in [0.15, 0.2) is 6.16 Å². The SMILES string of the molecule is CCOC(=O)[C@H](Cc1ccc(-c2ccsc2)cc1)C[P+](=O)OCC. The van der Waals surface area contributed by atoms with Crippen LogP contribution in [0.25, 0.3) is 11.1 Å². The monoisotopic (exact) mass is 365 g/mol. The van der Waals surface area contributed by atoms with Crippen molar-refractivity contribution in [1.82, 2.24) is 0 Å². The topological polar surface area (TPSA) is 52.6 Å². The number of hydrogen-bond donors (Lipinski definition) is 0. The highest BCUT2D eigenvalue weighted by atomic mass is 32.1. The van der Waals surface area contributed by atoms with E-state index in [4.69, 9.17) is 9.26 Å². The molecule has 0 saturated heterocycles. The van der Waals surface area contributed by atoms with Crippen molar-refractivity contribution in [3.63, 3.8) is 0 Å². The Balaban J connectivity index is 2.07. The van der Waals surface area contributed by atoms with E-state index in [1.54, 1.807) is 25.2 Å². The smallest absolute Gasteiger partial charge is 0.466 e. The van der Waals surface area contributed by atoms with E-state index in [0.717, 1.165) is 11.1 Å². The third kappa shape index (κ3) is 5.52. The lowest BCUT2D eigenvalue weighted by molar-refractivity contribution is -0.147. The molecule has 128 valence electrons. The van der Waals surface area contributed by atoms with Crippen molar-refractivity contribution >= 4 is 25.3 Å². The van der Waals surface area contributed by atoms with Crippen LogP contribution in [0.2, 0.25) is 0 Å². The molecular weight excluding hydrogens is 343 g/mol. The summed E-state index contributed by atoms with van der Waals surface area (Å²) in [5.41, 5.74) is 3.35. The lowest BCUT2D eigenvalue weighted by atomic mass is 9.99. The minimum Gasteiger partial charge on any atom is -0.466 e. The van der Waals surface area contributed by atoms with Crippen molar-refractivity contribution < 1.29 is 18.6 Å². The van der Waals surface area contributed by atoms with Gasteiger partial charge in [0.05, 0.1) is 13.2 Å². The molecule has 2 rings (SSSR count). The molecule has 0 aliphatic rings. The number of ether oxygens (including phenoxy) is 1. The normalized spacial score (nSPS) is 12.7. The predicted octanol–water partition coefficient (Wildman–Crippen LogP) is 4.92. The van der Waals surface area contributed by atoms with Crippen molar-refractivity contribution in [2.24, 2.45) is 5.92 Å². The summed E-state index contributed by atoms with van der Waals surface area (Å²) in [6, 6.07) is 10.2. The van der Waals surface area contributed by atoms with Gasteiger partial charge in [-0.2, -0.15) is 11.3 Å². The third-order valence-corrected chi connectivity index (χ3v) is 5.52. The van der Waals surface area contributed by atoms with Crippen LogP contribution in [-0.2, 0) is 25.0 Å². The second kappa shape index (κ2) is 9.67. The van der Waals surface area contributed by atoms with Crippen LogP contribution in [0.1, 0.15) is 19.4 Å². The number of esters is 1. The van der Waals surface area contributed by atoms with Gasteiger partial charge in [-0.15, -0.1) is 4.52 Å². The molecule has 0 N–H and O–H groups in total. The highest BCUT2D eigenvalue weighted by Crippen LogP contribution is 2.29. The molecular formula is C18H22O4PS+. The van der Waals surface area contributed by atoms with Crippen molar-refractivity contribution in [2.75, 3.05) is 19.4 Å². The van der Waals surface area contributed by atoms with Crippen LogP contribution < -0.4 is 0 Å². The maximum absolute atomic E-state index is 12.1. The van der Waals surface area contributed by atoms with E-state index in [0.29, 0.717) is 19.6 Å². The summed E-state index contributed by atoms with van der Waals surface area (Å²) in [6.07, 6.45) is 0.686. The molecule has 1 unspecified atom stereocenters. The van der Waals surface area contributed by atoms with Crippen molar-refractivity contribution in [3.05, 3.63) is 46.7 Å². The first-order valence-electron chi connectivity index (χ1n) is 7.99. The number of rotatable bonds is 9. The molecule has 0 saturated carbocycles. The van der Waals surface area contributed by atoms with Crippen LogP contribution in [0.15, 0.2) is 41.1 Å². The van der Waals surface area contributed by atoms with Gasteiger partial charge < -0.3 is 4.74 Å². The average Bonchev–Trinajstić information content (AvgIpc) is 3.10. The van der Waals surface area contributed by atoms with E-state index in [1.165, 1.54) is 5.56 Å². The second-order valence-electron chi connectivity index (χ2n) is 5.30. The maximum Gasteiger partial charge on any atom is 0.508 e. The Hall–Kier alpha value is -1.55. The van der Waals surface area contributed by atoms with Gasteiger partial charge in [0.25, 0.3) is 0 Å². The summed E-state index contributed by atoms with van der Waals surface area (Å²) >= 11 is 1.66. The van der Waals surface area contributed by atoms with Gasteiger partial charge in [0, 0.05) is 0 Å². The van der Waals surface area contributed by atoms with Gasteiger partial charge in [-0.3, -0.25) is 4.79 Å². The summed E-state index contributed by atoms with van der Waals surface area (Å²) in [4.78, 5) is 12.1. The molecule has 2 atom stereocenters. The highest BCUT2D eigenvalue weighted by Gasteiger charge is 2.31. The van der Waals surface area contributed by atoms with Gasteiger partial charge in [0.1, 0.15) is 5.92 Å². The lowest BCUT2D eigenvalue weighted by Gasteiger charge is -2.11. The standard InChI is InChI=1S/C18H22O4PS/c1-3-21-18(19)17(12-23(20)22-4-2)11-14-5-7-15(8-6-14)16-9-10-24-13-16/h5-10,13,17H,3-4,11-12H2,1-2H3/q+1/t17-/m1/s1. The second-order valence-corrected chi connectivity index (χ2v) is 7.36. The Morgan fingerprint density at radius 1 is 1.12 bits per heavy atom. The van der Waals surface area contributed by atoms with E-state index in [9.17, 15) is 9.36 Å². The van der Waals surface area contributed by atoms with E-state index in [2.05, 4.69) is 11.4 Å². The summed E-state index contributed by atoms with van der Waals surface area (Å²) in [7, 11) is -1.84. The molecule has 0 radical (unpaired) electrons. The fourth-order valence-electron chi connectivity index (χ4n) is 2.41. The third-order valence-electron chi connectivity index (χ3n) is 3.55. The molecule has 2 aromatic rings. The van der Waals surface area contributed by atoms with Crippen LogP contribution in [0, 0.1) is 5.92 Å². The molecule has 0 aliphatic carbocycles. The first-order valence-corrected chi connectivity index (χ1v) is 10.3. The molecule has 4 nitrogen and oxygen atoms in total. The summed E-state index contributed by atoms with van der Waals surface area (Å²) in [5, 5.41) is 4.15. The Morgan fingerprint density at radius 2 is 1.88 bits per heavy atom. The van der Waals surface area contributed by atoms with Gasteiger partial charge in [-0.1, -0.05) is 24.3 Å². The molecule has 0 bridgehead atoms. The Morgan fingerprint density at radius 3 is 2.46 bits per heavy atom. The number of benzene rings is 1. The molecule has 1 aromatic heterocycles. The van der Waals surface area contributed by atoms with Gasteiger partial charge in [-0.25, -0.2) is 0 Å². The number of carbonyl (C=O) groups excluding carboxylic acids is 1. The highest BCUT2D eigenvalue weighted by molar-refractivity contribution is 7.39. The summed E-state index contributed by atoms with van der Waals surface area (Å²) in [6.45, 7) is 4.25. The van der Waals surface area contributed by atoms with E-state index >= 15 is 0 Å². The zero-order chi connectivity index (χ0) is 17.4. The molecule has 1 aromatic carbocycles. The minimum atomic E-state index is -1.84. The van der Waals surface area contributed by atoms with Crippen molar-refractivity contribution in [3.8, 4) is 11.1 Å². The van der Waals surface area contributed by atoms with Crippen LogP contribution in [-0.4, -0.2) is 25.3 Å².